The maximum Gasteiger partial charge on any atom is 0.422 e. The van der Waals surface area contributed by atoms with Gasteiger partial charge in [0, 0.05) is 21.3 Å². The van der Waals surface area contributed by atoms with E-state index >= 15 is 0 Å². The van der Waals surface area contributed by atoms with Crippen LogP contribution in [0.15, 0.2) is 40.2 Å². The fraction of sp³-hybridized carbons (Fsp3) is 0.231. The molecule has 1 aromatic carbocycles. The number of benzene rings is 1. The highest BCUT2D eigenvalue weighted by molar-refractivity contribution is 9.10. The van der Waals surface area contributed by atoms with Crippen LogP contribution in [0.3, 0.4) is 0 Å². The monoisotopic (exact) mass is 365 g/mol. The molecule has 0 aliphatic rings. The van der Waals surface area contributed by atoms with Crippen LogP contribution in [-0.4, -0.2) is 12.8 Å². The molecule has 0 aliphatic heterocycles. The van der Waals surface area contributed by atoms with Crippen molar-refractivity contribution >= 4 is 33.0 Å². The summed E-state index contributed by atoms with van der Waals surface area (Å²) in [6, 6.07) is 8.54. The van der Waals surface area contributed by atoms with E-state index in [1.807, 2.05) is 11.4 Å². The molecule has 0 saturated carbocycles. The lowest BCUT2D eigenvalue weighted by atomic mass is 10.3. The zero-order valence-electron chi connectivity index (χ0n) is 10.2. The van der Waals surface area contributed by atoms with E-state index in [-0.39, 0.29) is 5.75 Å². The summed E-state index contributed by atoms with van der Waals surface area (Å²) in [5, 5.41) is 5.02. The van der Waals surface area contributed by atoms with Crippen molar-refractivity contribution in [3.05, 3.63) is 45.1 Å². The number of hydrogen-bond acceptors (Lipinski definition) is 3. The highest BCUT2D eigenvalue weighted by atomic mass is 79.9. The molecule has 1 aromatic heterocycles. The molecule has 1 N–H and O–H groups in total. The Morgan fingerprint density at radius 1 is 1.25 bits per heavy atom. The van der Waals surface area contributed by atoms with Crippen molar-refractivity contribution in [2.45, 2.75) is 12.7 Å². The van der Waals surface area contributed by atoms with E-state index in [1.54, 1.807) is 29.5 Å². The first kappa shape index (κ1) is 15.2. The number of halogens is 4. The van der Waals surface area contributed by atoms with E-state index in [1.165, 1.54) is 6.07 Å². The molecule has 0 aliphatic carbocycles. The summed E-state index contributed by atoms with van der Waals surface area (Å²) in [4.78, 5) is 1.07. The van der Waals surface area contributed by atoms with E-state index < -0.39 is 12.8 Å². The molecule has 2 rings (SSSR count). The smallest absolute Gasteiger partial charge is 0.422 e. The van der Waals surface area contributed by atoms with Gasteiger partial charge in [0.15, 0.2) is 6.61 Å². The molecule has 0 amide bonds. The quantitative estimate of drug-likeness (QED) is 0.798. The Bertz CT molecular complexity index is 571. The van der Waals surface area contributed by atoms with Gasteiger partial charge < -0.3 is 10.1 Å². The van der Waals surface area contributed by atoms with Crippen molar-refractivity contribution in [1.29, 1.82) is 0 Å². The molecule has 108 valence electrons. The zero-order chi connectivity index (χ0) is 14.6. The summed E-state index contributed by atoms with van der Waals surface area (Å²) in [6.45, 7) is -0.765. The molecule has 0 spiro atoms. The fourth-order valence-corrected chi connectivity index (χ4v) is 2.92. The van der Waals surface area contributed by atoms with Gasteiger partial charge in [-0.15, -0.1) is 11.3 Å². The van der Waals surface area contributed by atoms with Gasteiger partial charge in [-0.25, -0.2) is 0 Å². The second-order valence-electron chi connectivity index (χ2n) is 3.98. The Hall–Kier alpha value is -1.21. The van der Waals surface area contributed by atoms with Crippen molar-refractivity contribution in [1.82, 2.24) is 0 Å². The van der Waals surface area contributed by atoms with Crippen LogP contribution in [0, 0.1) is 0 Å². The van der Waals surface area contributed by atoms with Crippen LogP contribution in [0.2, 0.25) is 0 Å². The third kappa shape index (κ3) is 4.72. The molecule has 2 aromatic rings. The molecule has 1 heterocycles. The molecule has 0 atom stereocenters. The van der Waals surface area contributed by atoms with Crippen molar-refractivity contribution in [2.75, 3.05) is 11.9 Å². The minimum Gasteiger partial charge on any atom is -0.482 e. The summed E-state index contributed by atoms with van der Waals surface area (Å²) < 4.78 is 42.3. The van der Waals surface area contributed by atoms with Gasteiger partial charge in [0.25, 0.3) is 0 Å². The molecule has 0 radical (unpaired) electrons. The summed E-state index contributed by atoms with van der Waals surface area (Å²) >= 11 is 4.91. The molecule has 0 bridgehead atoms. The Morgan fingerprint density at radius 2 is 2.00 bits per heavy atom. The van der Waals surface area contributed by atoms with E-state index in [2.05, 4.69) is 21.2 Å². The summed E-state index contributed by atoms with van der Waals surface area (Å²) in [7, 11) is 0. The first-order valence-corrected chi connectivity index (χ1v) is 7.37. The second kappa shape index (κ2) is 6.49. The van der Waals surface area contributed by atoms with Crippen LogP contribution in [0.4, 0.5) is 18.9 Å². The van der Waals surface area contributed by atoms with E-state index in [4.69, 9.17) is 4.74 Å². The van der Waals surface area contributed by atoms with Crippen LogP contribution >= 0.6 is 27.3 Å². The maximum absolute atomic E-state index is 12.2. The number of anilines is 1. The largest absolute Gasteiger partial charge is 0.482 e. The third-order valence-electron chi connectivity index (χ3n) is 2.35. The first-order chi connectivity index (χ1) is 9.44. The van der Waals surface area contributed by atoms with Gasteiger partial charge >= 0.3 is 6.18 Å². The lowest BCUT2D eigenvalue weighted by Gasteiger charge is -2.14. The highest BCUT2D eigenvalue weighted by Gasteiger charge is 2.28. The number of ether oxygens (including phenoxy) is 1. The molecule has 2 nitrogen and oxygen atoms in total. The summed E-state index contributed by atoms with van der Waals surface area (Å²) in [5.74, 6) is 0.195. The number of thiophene rings is 1. The van der Waals surface area contributed by atoms with Gasteiger partial charge in [0.05, 0.1) is 5.69 Å². The van der Waals surface area contributed by atoms with Gasteiger partial charge in [-0.05, 0) is 34.1 Å². The van der Waals surface area contributed by atoms with Crippen LogP contribution in [0.25, 0.3) is 0 Å². The Labute approximate surface area is 126 Å². The standard InChI is InChI=1S/C13H11BrF3NOS/c14-9-5-10(20-7-9)6-18-11-3-1-2-4-12(11)19-8-13(15,16)17/h1-5,7,18H,6,8H2. The molecule has 7 heteroatoms. The number of nitrogens with one attached hydrogen (secondary N) is 1. The molecule has 0 fully saturated rings. The predicted octanol–water partition coefficient (Wildman–Crippen LogP) is 5.06. The maximum atomic E-state index is 12.2. The highest BCUT2D eigenvalue weighted by Crippen LogP contribution is 2.28. The lowest BCUT2D eigenvalue weighted by Crippen LogP contribution is -2.19. The SMILES string of the molecule is FC(F)(F)COc1ccccc1NCc1cc(Br)cs1. The van der Waals surface area contributed by atoms with E-state index in [9.17, 15) is 13.2 Å². The normalized spacial score (nSPS) is 11.4. The van der Waals surface area contributed by atoms with Crippen LogP contribution in [0.5, 0.6) is 5.75 Å². The second-order valence-corrected chi connectivity index (χ2v) is 5.90. The lowest BCUT2D eigenvalue weighted by molar-refractivity contribution is -0.153. The van der Waals surface area contributed by atoms with Crippen LogP contribution < -0.4 is 10.1 Å². The van der Waals surface area contributed by atoms with E-state index in [0.29, 0.717) is 12.2 Å². The summed E-state index contributed by atoms with van der Waals surface area (Å²) in [5.41, 5.74) is 0.543. The summed E-state index contributed by atoms with van der Waals surface area (Å²) in [6.07, 6.45) is -4.34. The minimum absolute atomic E-state index is 0.195. The number of rotatable bonds is 5. The number of alkyl halides is 3. The van der Waals surface area contributed by atoms with Gasteiger partial charge in [0.2, 0.25) is 0 Å². The zero-order valence-corrected chi connectivity index (χ0v) is 12.6. The van der Waals surface area contributed by atoms with Gasteiger partial charge in [0.1, 0.15) is 5.75 Å². The van der Waals surface area contributed by atoms with Gasteiger partial charge in [-0.3, -0.25) is 0 Å². The van der Waals surface area contributed by atoms with Crippen molar-refractivity contribution in [3.8, 4) is 5.75 Å². The van der Waals surface area contributed by atoms with Crippen LogP contribution in [0.1, 0.15) is 4.88 Å². The first-order valence-electron chi connectivity index (χ1n) is 5.69. The number of hydrogen-bond donors (Lipinski definition) is 1. The third-order valence-corrected chi connectivity index (χ3v) is 4.05. The molecular weight excluding hydrogens is 355 g/mol. The molecular formula is C13H11BrF3NOS. The minimum atomic E-state index is -4.34. The van der Waals surface area contributed by atoms with Crippen molar-refractivity contribution < 1.29 is 17.9 Å². The van der Waals surface area contributed by atoms with Gasteiger partial charge in [-0.1, -0.05) is 12.1 Å². The Balaban J connectivity index is 2.00. The average molecular weight is 366 g/mol. The Kier molecular flexibility index (Phi) is 4.93. The predicted molar refractivity (Wildman–Crippen MR) is 77.3 cm³/mol. The van der Waals surface area contributed by atoms with Crippen molar-refractivity contribution in [2.24, 2.45) is 0 Å². The van der Waals surface area contributed by atoms with Gasteiger partial charge in [-0.2, -0.15) is 13.2 Å². The molecule has 20 heavy (non-hydrogen) atoms. The topological polar surface area (TPSA) is 21.3 Å². The molecule has 0 saturated heterocycles. The molecule has 0 unspecified atom stereocenters. The Morgan fingerprint density at radius 3 is 2.65 bits per heavy atom. The van der Waals surface area contributed by atoms with Crippen molar-refractivity contribution in [3.63, 3.8) is 0 Å². The van der Waals surface area contributed by atoms with E-state index in [0.717, 1.165) is 9.35 Å². The number of para-hydroxylation sites is 2. The fourth-order valence-electron chi connectivity index (χ4n) is 1.53. The van der Waals surface area contributed by atoms with Crippen LogP contribution in [-0.2, 0) is 6.54 Å². The average Bonchev–Trinajstić information content (AvgIpc) is 2.80.